The first kappa shape index (κ1) is 27.1. The summed E-state index contributed by atoms with van der Waals surface area (Å²) >= 11 is 0. The summed E-state index contributed by atoms with van der Waals surface area (Å²) in [6.45, 7) is 7.94. The predicted molar refractivity (Wildman–Crippen MR) is 153 cm³/mol. The lowest BCUT2D eigenvalue weighted by Crippen LogP contribution is -2.27. The van der Waals surface area contributed by atoms with Gasteiger partial charge in [-0.2, -0.15) is 4.98 Å². The Balaban J connectivity index is 1.37. The molecule has 1 aliphatic rings. The number of aryl methyl sites for hydroxylation is 2. The van der Waals surface area contributed by atoms with Gasteiger partial charge in [-0.05, 0) is 86.9 Å². The Morgan fingerprint density at radius 3 is 2.52 bits per heavy atom. The second kappa shape index (κ2) is 10.6. The van der Waals surface area contributed by atoms with E-state index >= 15 is 0 Å². The molecule has 10 nitrogen and oxygen atoms in total. The molecule has 1 aromatic carbocycles. The van der Waals surface area contributed by atoms with E-state index in [9.17, 15) is 9.90 Å². The zero-order valence-electron chi connectivity index (χ0n) is 23.3. The highest BCUT2D eigenvalue weighted by Crippen LogP contribution is 2.39. The summed E-state index contributed by atoms with van der Waals surface area (Å²) in [6, 6.07) is 9.67. The van der Waals surface area contributed by atoms with Gasteiger partial charge in [-0.3, -0.25) is 10.2 Å². The molecular formula is C30H35N7O3. The second-order valence-corrected chi connectivity index (χ2v) is 11.3. The molecule has 0 bridgehead atoms. The lowest BCUT2D eigenvalue weighted by Gasteiger charge is -2.19. The van der Waals surface area contributed by atoms with Crippen LogP contribution in [0.5, 0.6) is 5.88 Å². The van der Waals surface area contributed by atoms with Crippen LogP contribution < -0.4 is 15.8 Å². The van der Waals surface area contributed by atoms with Crippen molar-refractivity contribution in [1.82, 2.24) is 19.4 Å². The van der Waals surface area contributed by atoms with Crippen molar-refractivity contribution < 1.29 is 14.6 Å². The lowest BCUT2D eigenvalue weighted by molar-refractivity contribution is -0.146. The standard InChI is InChI=1S/C30H35N7O3/c1-17-9-21(28(31)32)10-18(2)23(17)13-33-24-11-27(36-25(35-24)12-30(3,4)29(38)39)40-16-22-15-37-14-20(19-5-6-19)7-8-26(37)34-22/h7-11,14-15,19H,5-6,12-13,16H2,1-4H3,(H3,31,32)(H,38,39)(H,33,35,36). The molecule has 0 unspecified atom stereocenters. The van der Waals surface area contributed by atoms with Gasteiger partial charge in [0.15, 0.2) is 0 Å². The topological polar surface area (TPSA) is 152 Å². The van der Waals surface area contributed by atoms with Crippen LogP contribution in [0.1, 0.15) is 71.9 Å². The van der Waals surface area contributed by atoms with Gasteiger partial charge < -0.3 is 25.3 Å². The number of carboxylic acid groups (broad SMARTS) is 1. The van der Waals surface area contributed by atoms with Crippen molar-refractivity contribution in [3.8, 4) is 5.88 Å². The number of fused-ring (bicyclic) bond motifs is 1. The minimum atomic E-state index is -1.05. The molecule has 1 fully saturated rings. The third-order valence-corrected chi connectivity index (χ3v) is 7.32. The Kier molecular flexibility index (Phi) is 7.18. The number of hydrogen-bond donors (Lipinski definition) is 4. The summed E-state index contributed by atoms with van der Waals surface area (Å²) in [5.74, 6) is 1.000. The monoisotopic (exact) mass is 541 g/mol. The Hall–Kier alpha value is -4.47. The van der Waals surface area contributed by atoms with Gasteiger partial charge in [-0.25, -0.2) is 9.97 Å². The van der Waals surface area contributed by atoms with E-state index < -0.39 is 11.4 Å². The number of anilines is 1. The molecule has 208 valence electrons. The number of nitrogens with one attached hydrogen (secondary N) is 2. The molecule has 1 saturated carbocycles. The number of hydrogen-bond acceptors (Lipinski definition) is 7. The van der Waals surface area contributed by atoms with Crippen molar-refractivity contribution in [3.63, 3.8) is 0 Å². The van der Waals surface area contributed by atoms with Gasteiger partial charge in [0.25, 0.3) is 0 Å². The molecule has 5 rings (SSSR count). The van der Waals surface area contributed by atoms with E-state index in [-0.39, 0.29) is 18.9 Å². The van der Waals surface area contributed by atoms with E-state index in [0.717, 1.165) is 28.0 Å². The summed E-state index contributed by atoms with van der Waals surface area (Å²) in [7, 11) is 0. The number of carbonyl (C=O) groups is 1. The van der Waals surface area contributed by atoms with Crippen LogP contribution in [-0.4, -0.2) is 36.3 Å². The number of imidazole rings is 1. The van der Waals surface area contributed by atoms with E-state index in [4.69, 9.17) is 15.9 Å². The Bertz CT molecular complexity index is 1580. The quantitative estimate of drug-likeness (QED) is 0.157. The lowest BCUT2D eigenvalue weighted by atomic mass is 9.89. The molecule has 3 heterocycles. The van der Waals surface area contributed by atoms with Crippen LogP contribution in [0.3, 0.4) is 0 Å². The highest BCUT2D eigenvalue weighted by Gasteiger charge is 2.29. The van der Waals surface area contributed by atoms with Gasteiger partial charge in [-0.15, -0.1) is 0 Å². The van der Waals surface area contributed by atoms with E-state index in [1.54, 1.807) is 19.9 Å². The van der Waals surface area contributed by atoms with Crippen LogP contribution in [0.2, 0.25) is 0 Å². The van der Waals surface area contributed by atoms with Gasteiger partial charge in [0.1, 0.15) is 29.7 Å². The molecule has 0 atom stereocenters. The van der Waals surface area contributed by atoms with E-state index in [1.165, 1.54) is 18.4 Å². The number of nitrogen functional groups attached to an aromatic ring is 1. The molecule has 3 aromatic heterocycles. The number of nitrogens with zero attached hydrogens (tertiary/aromatic N) is 4. The third-order valence-electron chi connectivity index (χ3n) is 7.32. The van der Waals surface area contributed by atoms with Gasteiger partial charge in [-0.1, -0.05) is 6.07 Å². The molecule has 10 heteroatoms. The van der Waals surface area contributed by atoms with Crippen LogP contribution >= 0.6 is 0 Å². The van der Waals surface area contributed by atoms with Crippen molar-refractivity contribution in [3.05, 3.63) is 82.1 Å². The van der Waals surface area contributed by atoms with Gasteiger partial charge >= 0.3 is 5.97 Å². The molecule has 40 heavy (non-hydrogen) atoms. The number of rotatable bonds is 11. The largest absolute Gasteiger partial charge is 0.481 e. The maximum atomic E-state index is 11.8. The molecule has 0 amide bonds. The van der Waals surface area contributed by atoms with Crippen molar-refractivity contribution in [2.45, 2.75) is 66.0 Å². The average Bonchev–Trinajstić information content (AvgIpc) is 3.65. The highest BCUT2D eigenvalue weighted by atomic mass is 16.5. The van der Waals surface area contributed by atoms with Crippen LogP contribution in [0.4, 0.5) is 5.82 Å². The van der Waals surface area contributed by atoms with Crippen LogP contribution in [-0.2, 0) is 24.4 Å². The van der Waals surface area contributed by atoms with Crippen LogP contribution in [0.25, 0.3) is 5.65 Å². The van der Waals surface area contributed by atoms with E-state index in [1.807, 2.05) is 42.6 Å². The Labute approximate surface area is 233 Å². The molecular weight excluding hydrogens is 506 g/mol. The zero-order chi connectivity index (χ0) is 28.6. The number of amidine groups is 1. The first-order valence-electron chi connectivity index (χ1n) is 13.4. The fourth-order valence-electron chi connectivity index (χ4n) is 4.73. The summed E-state index contributed by atoms with van der Waals surface area (Å²) in [5.41, 5.74) is 11.3. The minimum absolute atomic E-state index is 0.0305. The molecule has 5 N–H and O–H groups in total. The Morgan fingerprint density at radius 2 is 1.88 bits per heavy atom. The van der Waals surface area contributed by atoms with E-state index in [2.05, 4.69) is 32.5 Å². The first-order valence-corrected chi connectivity index (χ1v) is 13.4. The van der Waals surface area contributed by atoms with Gasteiger partial charge in [0, 0.05) is 37.0 Å². The number of aromatic nitrogens is 4. The molecule has 0 radical (unpaired) electrons. The molecule has 1 aliphatic carbocycles. The van der Waals surface area contributed by atoms with Crippen LogP contribution in [0.15, 0.2) is 42.7 Å². The van der Waals surface area contributed by atoms with Crippen LogP contribution in [0, 0.1) is 24.7 Å². The summed E-state index contributed by atoms with van der Waals surface area (Å²) in [5, 5.41) is 20.7. The van der Waals surface area contributed by atoms with Crippen molar-refractivity contribution in [2.24, 2.45) is 11.1 Å². The number of aliphatic carboxylic acids is 1. The van der Waals surface area contributed by atoms with E-state index in [0.29, 0.717) is 35.5 Å². The fourth-order valence-corrected chi connectivity index (χ4v) is 4.73. The Morgan fingerprint density at radius 1 is 1.15 bits per heavy atom. The normalized spacial score (nSPS) is 13.4. The molecule has 0 aliphatic heterocycles. The minimum Gasteiger partial charge on any atom is -0.481 e. The second-order valence-electron chi connectivity index (χ2n) is 11.3. The predicted octanol–water partition coefficient (Wildman–Crippen LogP) is 4.75. The smallest absolute Gasteiger partial charge is 0.309 e. The molecule has 0 saturated heterocycles. The van der Waals surface area contributed by atoms with Crippen molar-refractivity contribution in [2.75, 3.05) is 5.32 Å². The SMILES string of the molecule is Cc1cc(C(=N)N)cc(C)c1CNc1cc(OCc2cn3cc(C4CC4)ccc3n2)nc(CC(C)(C)C(=O)O)n1. The number of ether oxygens (including phenoxy) is 1. The third kappa shape index (κ3) is 6.06. The zero-order valence-corrected chi connectivity index (χ0v) is 23.3. The highest BCUT2D eigenvalue weighted by molar-refractivity contribution is 5.95. The number of nitrogens with two attached hydrogens (primary N) is 1. The maximum Gasteiger partial charge on any atom is 0.309 e. The first-order chi connectivity index (χ1) is 19.0. The average molecular weight is 542 g/mol. The summed E-state index contributed by atoms with van der Waals surface area (Å²) in [6.07, 6.45) is 6.72. The van der Waals surface area contributed by atoms with Gasteiger partial charge in [0.2, 0.25) is 5.88 Å². The summed E-state index contributed by atoms with van der Waals surface area (Å²) < 4.78 is 8.09. The fraction of sp³-hybridized carbons (Fsp3) is 0.367. The number of carboxylic acids is 1. The molecule has 4 aromatic rings. The van der Waals surface area contributed by atoms with Crippen molar-refractivity contribution >= 4 is 23.3 Å². The molecule has 0 spiro atoms. The summed E-state index contributed by atoms with van der Waals surface area (Å²) in [4.78, 5) is 25.6. The maximum absolute atomic E-state index is 11.8. The number of benzene rings is 1. The van der Waals surface area contributed by atoms with Gasteiger partial charge in [0.05, 0.1) is 11.1 Å². The number of pyridine rings is 1. The van der Waals surface area contributed by atoms with Crippen molar-refractivity contribution in [1.29, 1.82) is 5.41 Å².